The van der Waals surface area contributed by atoms with E-state index < -0.39 is 12.8 Å². The van der Waals surface area contributed by atoms with Crippen molar-refractivity contribution in [2.24, 2.45) is 0 Å². The molecule has 0 bridgehead atoms. The standard InChI is InChI=1S/C22H18F2N2O2/c23-22(24)28-18-12-9-13-5-1-2-6-15(13)19(18)20-25-17-8-4-3-7-16(17)21(27)26(20)14-10-11-14/h1-9,12,14,20,22,25H,10-11H2/t20-/m0/s1. The van der Waals surface area contributed by atoms with Crippen molar-refractivity contribution in [2.75, 3.05) is 5.32 Å². The van der Waals surface area contributed by atoms with E-state index in [1.165, 1.54) is 0 Å². The van der Waals surface area contributed by atoms with Crippen molar-refractivity contribution in [3.63, 3.8) is 0 Å². The van der Waals surface area contributed by atoms with Crippen molar-refractivity contribution >= 4 is 22.4 Å². The number of para-hydroxylation sites is 1. The Hall–Kier alpha value is -3.15. The highest BCUT2D eigenvalue weighted by Gasteiger charge is 2.43. The normalized spacial score (nSPS) is 18.9. The average Bonchev–Trinajstić information content (AvgIpc) is 3.52. The number of amides is 1. The Labute approximate surface area is 160 Å². The van der Waals surface area contributed by atoms with Crippen LogP contribution in [0.5, 0.6) is 5.75 Å². The summed E-state index contributed by atoms with van der Waals surface area (Å²) >= 11 is 0. The van der Waals surface area contributed by atoms with E-state index in [2.05, 4.69) is 5.32 Å². The Kier molecular flexibility index (Phi) is 3.93. The van der Waals surface area contributed by atoms with Gasteiger partial charge in [-0.15, -0.1) is 0 Å². The topological polar surface area (TPSA) is 41.6 Å². The third-order valence-corrected chi connectivity index (χ3v) is 5.32. The highest BCUT2D eigenvalue weighted by Crippen LogP contribution is 2.45. The summed E-state index contributed by atoms with van der Waals surface area (Å²) in [5.74, 6) is 0.00168. The van der Waals surface area contributed by atoms with E-state index in [0.29, 0.717) is 16.8 Å². The van der Waals surface area contributed by atoms with E-state index >= 15 is 0 Å². The monoisotopic (exact) mass is 380 g/mol. The van der Waals surface area contributed by atoms with Crippen LogP contribution < -0.4 is 10.1 Å². The van der Waals surface area contributed by atoms with Crippen LogP contribution >= 0.6 is 0 Å². The fraction of sp³-hybridized carbons (Fsp3) is 0.227. The van der Waals surface area contributed by atoms with E-state index in [1.807, 2.05) is 42.5 Å². The number of fused-ring (bicyclic) bond motifs is 2. The predicted octanol–water partition coefficient (Wildman–Crippen LogP) is 5.17. The molecule has 6 heteroatoms. The number of ether oxygens (including phenoxy) is 1. The first-order valence-electron chi connectivity index (χ1n) is 9.28. The molecule has 1 aliphatic carbocycles. The molecule has 1 heterocycles. The highest BCUT2D eigenvalue weighted by molar-refractivity contribution is 6.03. The van der Waals surface area contributed by atoms with Crippen LogP contribution in [0.4, 0.5) is 14.5 Å². The van der Waals surface area contributed by atoms with Crippen molar-refractivity contribution < 1.29 is 18.3 Å². The number of halogens is 2. The lowest BCUT2D eigenvalue weighted by Crippen LogP contribution is -2.44. The van der Waals surface area contributed by atoms with E-state index in [0.717, 1.165) is 23.6 Å². The quantitative estimate of drug-likeness (QED) is 0.679. The van der Waals surface area contributed by atoms with Gasteiger partial charge in [0.2, 0.25) is 0 Å². The number of anilines is 1. The lowest BCUT2D eigenvalue weighted by Gasteiger charge is -2.39. The zero-order valence-corrected chi connectivity index (χ0v) is 14.9. The second-order valence-corrected chi connectivity index (χ2v) is 7.11. The van der Waals surface area contributed by atoms with Crippen molar-refractivity contribution in [2.45, 2.75) is 31.7 Å². The molecule has 3 aromatic rings. The molecule has 1 saturated carbocycles. The molecular formula is C22H18F2N2O2. The minimum absolute atomic E-state index is 0.0854. The van der Waals surface area contributed by atoms with Gasteiger partial charge >= 0.3 is 6.61 Å². The molecule has 0 radical (unpaired) electrons. The molecule has 1 N–H and O–H groups in total. The number of hydrogen-bond donors (Lipinski definition) is 1. The first-order valence-corrected chi connectivity index (χ1v) is 9.28. The maximum atomic E-state index is 13.2. The summed E-state index contributed by atoms with van der Waals surface area (Å²) in [4.78, 5) is 15.0. The number of rotatable bonds is 4. The Morgan fingerprint density at radius 2 is 1.75 bits per heavy atom. The van der Waals surface area contributed by atoms with Gasteiger partial charge < -0.3 is 15.0 Å². The Morgan fingerprint density at radius 3 is 2.54 bits per heavy atom. The second kappa shape index (κ2) is 6.48. The smallest absolute Gasteiger partial charge is 0.387 e. The minimum atomic E-state index is -2.94. The van der Waals surface area contributed by atoms with Crippen LogP contribution in [0.25, 0.3) is 10.8 Å². The summed E-state index contributed by atoms with van der Waals surface area (Å²) in [5.41, 5.74) is 1.86. The number of nitrogens with zero attached hydrogens (tertiary/aromatic N) is 1. The number of nitrogens with one attached hydrogen (secondary N) is 1. The molecule has 28 heavy (non-hydrogen) atoms. The zero-order chi connectivity index (χ0) is 19.3. The van der Waals surface area contributed by atoms with Crippen LogP contribution in [0.3, 0.4) is 0 Å². The second-order valence-electron chi connectivity index (χ2n) is 7.11. The molecule has 1 atom stereocenters. The van der Waals surface area contributed by atoms with Crippen molar-refractivity contribution in [3.8, 4) is 5.75 Å². The summed E-state index contributed by atoms with van der Waals surface area (Å²) in [7, 11) is 0. The minimum Gasteiger partial charge on any atom is -0.434 e. The lowest BCUT2D eigenvalue weighted by atomic mass is 9.97. The fourth-order valence-electron chi connectivity index (χ4n) is 3.97. The summed E-state index contributed by atoms with van der Waals surface area (Å²) in [5, 5.41) is 5.09. The molecule has 3 aromatic carbocycles. The van der Waals surface area contributed by atoms with Crippen molar-refractivity contribution in [1.82, 2.24) is 4.90 Å². The van der Waals surface area contributed by atoms with Crippen LogP contribution in [0, 0.1) is 0 Å². The van der Waals surface area contributed by atoms with Gasteiger partial charge in [0.1, 0.15) is 11.9 Å². The number of carbonyl (C=O) groups is 1. The number of hydrogen-bond acceptors (Lipinski definition) is 3. The van der Waals surface area contributed by atoms with Crippen LogP contribution in [0.15, 0.2) is 60.7 Å². The van der Waals surface area contributed by atoms with Gasteiger partial charge in [-0.25, -0.2) is 0 Å². The van der Waals surface area contributed by atoms with Crippen molar-refractivity contribution in [3.05, 3.63) is 71.8 Å². The van der Waals surface area contributed by atoms with Gasteiger partial charge in [0.05, 0.1) is 5.56 Å². The molecule has 0 spiro atoms. The SMILES string of the molecule is O=C1c2ccccc2N[C@H](c2c(OC(F)F)ccc3ccccc23)N1C1CC1. The van der Waals surface area contributed by atoms with Gasteiger partial charge in [-0.05, 0) is 41.8 Å². The van der Waals surface area contributed by atoms with Gasteiger partial charge in [-0.3, -0.25) is 4.79 Å². The van der Waals surface area contributed by atoms with Gasteiger partial charge in [0, 0.05) is 17.3 Å². The maximum Gasteiger partial charge on any atom is 0.387 e. The molecule has 142 valence electrons. The van der Waals surface area contributed by atoms with Gasteiger partial charge in [0.25, 0.3) is 5.91 Å². The van der Waals surface area contributed by atoms with Gasteiger partial charge in [-0.2, -0.15) is 8.78 Å². The molecule has 1 aliphatic heterocycles. The summed E-state index contributed by atoms with van der Waals surface area (Å²) in [6.07, 6.45) is 1.24. The van der Waals surface area contributed by atoms with E-state index in [4.69, 9.17) is 4.74 Å². The fourth-order valence-corrected chi connectivity index (χ4v) is 3.97. The van der Waals surface area contributed by atoms with Gasteiger partial charge in [0.15, 0.2) is 0 Å². The van der Waals surface area contributed by atoms with Crippen LogP contribution in [0.1, 0.15) is 34.9 Å². The first kappa shape index (κ1) is 17.0. The third kappa shape index (κ3) is 2.76. The van der Waals surface area contributed by atoms with Crippen LogP contribution in [0.2, 0.25) is 0 Å². The van der Waals surface area contributed by atoms with E-state index in [9.17, 15) is 13.6 Å². The lowest BCUT2D eigenvalue weighted by molar-refractivity contribution is -0.0508. The predicted molar refractivity (Wildman–Crippen MR) is 103 cm³/mol. The molecule has 2 aliphatic rings. The van der Waals surface area contributed by atoms with E-state index in [-0.39, 0.29) is 17.7 Å². The Bertz CT molecular complexity index is 1070. The largest absolute Gasteiger partial charge is 0.434 e. The average molecular weight is 380 g/mol. The molecule has 0 aromatic heterocycles. The summed E-state index contributed by atoms with van der Waals surface area (Å²) < 4.78 is 31.1. The Morgan fingerprint density at radius 1 is 1.00 bits per heavy atom. The van der Waals surface area contributed by atoms with Crippen LogP contribution in [-0.2, 0) is 0 Å². The summed E-state index contributed by atoms with van der Waals surface area (Å²) in [6.45, 7) is -2.94. The molecule has 0 unspecified atom stereocenters. The van der Waals surface area contributed by atoms with Crippen molar-refractivity contribution in [1.29, 1.82) is 0 Å². The van der Waals surface area contributed by atoms with Crippen LogP contribution in [-0.4, -0.2) is 23.5 Å². The number of benzene rings is 3. The highest BCUT2D eigenvalue weighted by atomic mass is 19.3. The van der Waals surface area contributed by atoms with Gasteiger partial charge in [-0.1, -0.05) is 42.5 Å². The molecule has 1 amide bonds. The van der Waals surface area contributed by atoms with E-state index in [1.54, 1.807) is 23.1 Å². The summed E-state index contributed by atoms with van der Waals surface area (Å²) in [6, 6.07) is 18.3. The molecule has 5 rings (SSSR count). The maximum absolute atomic E-state index is 13.2. The molecular weight excluding hydrogens is 362 g/mol. The molecule has 0 saturated heterocycles. The molecule has 4 nitrogen and oxygen atoms in total. The molecule has 1 fully saturated rings. The number of alkyl halides is 2. The number of carbonyl (C=O) groups excluding carboxylic acids is 1. The first-order chi connectivity index (χ1) is 13.6. The Balaban J connectivity index is 1.72. The zero-order valence-electron chi connectivity index (χ0n) is 14.9. The third-order valence-electron chi connectivity index (χ3n) is 5.32.